The number of hydrogen-bond acceptors (Lipinski definition) is 6. The molecule has 0 bridgehead atoms. The molecule has 0 aliphatic carbocycles. The SMILES string of the molecule is CC.CC(=O)NC(Cc1ccc(N)cc1)c1nnc(C2CCOCC2)o1. The molecule has 7 heteroatoms. The first-order valence-corrected chi connectivity index (χ1v) is 9.14. The zero-order valence-corrected chi connectivity index (χ0v) is 15.7. The molecule has 0 saturated carbocycles. The summed E-state index contributed by atoms with van der Waals surface area (Å²) in [6.07, 6.45) is 2.32. The third kappa shape index (κ3) is 5.56. The second kappa shape index (κ2) is 9.91. The molecular formula is C19H28N4O3. The van der Waals surface area contributed by atoms with Gasteiger partial charge in [0.1, 0.15) is 6.04 Å². The van der Waals surface area contributed by atoms with Crippen LogP contribution >= 0.6 is 0 Å². The number of nitrogens with two attached hydrogens (primary N) is 1. The first-order chi connectivity index (χ1) is 12.6. The Morgan fingerprint density at radius 1 is 1.23 bits per heavy atom. The summed E-state index contributed by atoms with van der Waals surface area (Å²) < 4.78 is 11.2. The van der Waals surface area contributed by atoms with Crippen molar-refractivity contribution in [3.05, 3.63) is 41.6 Å². The number of rotatable bonds is 5. The van der Waals surface area contributed by atoms with E-state index in [-0.39, 0.29) is 17.9 Å². The van der Waals surface area contributed by atoms with Crippen LogP contribution in [-0.4, -0.2) is 29.3 Å². The molecule has 142 valence electrons. The fourth-order valence-corrected chi connectivity index (χ4v) is 2.83. The average Bonchev–Trinajstić information content (AvgIpc) is 3.15. The quantitative estimate of drug-likeness (QED) is 0.795. The van der Waals surface area contributed by atoms with Gasteiger partial charge in [-0.1, -0.05) is 26.0 Å². The van der Waals surface area contributed by atoms with Crippen LogP contribution in [0.2, 0.25) is 0 Å². The van der Waals surface area contributed by atoms with Crippen molar-refractivity contribution < 1.29 is 13.9 Å². The van der Waals surface area contributed by atoms with Crippen LogP contribution in [0.15, 0.2) is 28.7 Å². The standard InChI is InChI=1S/C17H22N4O3.C2H6/c1-11(22)19-15(10-12-2-4-14(18)5-3-12)17-21-20-16(24-17)13-6-8-23-9-7-13;1-2/h2-5,13,15H,6-10,18H2,1H3,(H,19,22);1-2H3. The predicted octanol–water partition coefficient (Wildman–Crippen LogP) is 2.99. The maximum absolute atomic E-state index is 11.5. The average molecular weight is 360 g/mol. The summed E-state index contributed by atoms with van der Waals surface area (Å²) in [5, 5.41) is 11.2. The van der Waals surface area contributed by atoms with Gasteiger partial charge in [-0.2, -0.15) is 0 Å². The smallest absolute Gasteiger partial charge is 0.239 e. The highest BCUT2D eigenvalue weighted by molar-refractivity contribution is 5.73. The van der Waals surface area contributed by atoms with E-state index >= 15 is 0 Å². The zero-order valence-electron chi connectivity index (χ0n) is 15.7. The highest BCUT2D eigenvalue weighted by atomic mass is 16.5. The van der Waals surface area contributed by atoms with Gasteiger partial charge in [0.25, 0.3) is 0 Å². The molecule has 1 unspecified atom stereocenters. The van der Waals surface area contributed by atoms with Gasteiger partial charge in [-0.05, 0) is 30.5 Å². The maximum atomic E-state index is 11.5. The first-order valence-electron chi connectivity index (χ1n) is 9.14. The fraction of sp³-hybridized carbons (Fsp3) is 0.526. The maximum Gasteiger partial charge on any atom is 0.239 e. The number of nitrogen functional groups attached to an aromatic ring is 1. The lowest BCUT2D eigenvalue weighted by Gasteiger charge is -2.18. The summed E-state index contributed by atoms with van der Waals surface area (Å²) in [5.41, 5.74) is 7.45. The number of anilines is 1. The van der Waals surface area contributed by atoms with E-state index in [0.29, 0.717) is 37.1 Å². The summed E-state index contributed by atoms with van der Waals surface area (Å²) in [5.74, 6) is 1.15. The predicted molar refractivity (Wildman–Crippen MR) is 99.6 cm³/mol. The molecule has 1 atom stereocenters. The molecule has 2 aromatic rings. The van der Waals surface area contributed by atoms with Gasteiger partial charge < -0.3 is 20.2 Å². The van der Waals surface area contributed by atoms with Crippen molar-refractivity contribution in [2.24, 2.45) is 0 Å². The van der Waals surface area contributed by atoms with Gasteiger partial charge in [0.05, 0.1) is 0 Å². The van der Waals surface area contributed by atoms with Crippen molar-refractivity contribution in [2.45, 2.75) is 52.0 Å². The number of carbonyl (C=O) groups excluding carboxylic acids is 1. The first kappa shape index (κ1) is 19.9. The number of nitrogens with zero attached hydrogens (tertiary/aromatic N) is 2. The second-order valence-electron chi connectivity index (χ2n) is 6.06. The number of aromatic nitrogens is 2. The molecule has 1 aliphatic heterocycles. The van der Waals surface area contributed by atoms with Gasteiger partial charge in [0, 0.05) is 38.2 Å². The molecule has 1 aromatic carbocycles. The van der Waals surface area contributed by atoms with E-state index in [9.17, 15) is 4.79 Å². The van der Waals surface area contributed by atoms with Crippen LogP contribution in [-0.2, 0) is 16.0 Å². The van der Waals surface area contributed by atoms with Crippen LogP contribution in [0.3, 0.4) is 0 Å². The molecule has 1 saturated heterocycles. The Kier molecular flexibility index (Phi) is 7.59. The van der Waals surface area contributed by atoms with Gasteiger partial charge in [0.15, 0.2) is 0 Å². The zero-order chi connectivity index (χ0) is 18.9. The lowest BCUT2D eigenvalue weighted by molar-refractivity contribution is -0.119. The molecule has 2 heterocycles. The second-order valence-corrected chi connectivity index (χ2v) is 6.06. The molecule has 1 aliphatic rings. The number of ether oxygens (including phenoxy) is 1. The van der Waals surface area contributed by atoms with E-state index in [1.807, 2.05) is 38.1 Å². The Hall–Kier alpha value is -2.41. The Balaban J connectivity index is 0.00000117. The molecule has 1 aromatic heterocycles. The van der Waals surface area contributed by atoms with Gasteiger partial charge >= 0.3 is 0 Å². The van der Waals surface area contributed by atoms with Crippen molar-refractivity contribution >= 4 is 11.6 Å². The van der Waals surface area contributed by atoms with Crippen LogP contribution in [0.1, 0.15) is 62.9 Å². The van der Waals surface area contributed by atoms with E-state index in [1.54, 1.807) is 0 Å². The Morgan fingerprint density at radius 2 is 1.88 bits per heavy atom. The van der Waals surface area contributed by atoms with Crippen LogP contribution in [0.25, 0.3) is 0 Å². The van der Waals surface area contributed by atoms with Crippen molar-refractivity contribution in [1.82, 2.24) is 15.5 Å². The van der Waals surface area contributed by atoms with Gasteiger partial charge in [-0.25, -0.2) is 0 Å². The van der Waals surface area contributed by atoms with E-state index < -0.39 is 0 Å². The number of carbonyl (C=O) groups is 1. The number of amides is 1. The van der Waals surface area contributed by atoms with Gasteiger partial charge in [-0.15, -0.1) is 10.2 Å². The molecule has 3 rings (SSSR count). The minimum absolute atomic E-state index is 0.138. The lowest BCUT2D eigenvalue weighted by Crippen LogP contribution is -2.28. The van der Waals surface area contributed by atoms with E-state index in [0.717, 1.165) is 18.4 Å². The van der Waals surface area contributed by atoms with Crippen LogP contribution in [0.4, 0.5) is 5.69 Å². The summed E-state index contributed by atoms with van der Waals surface area (Å²) in [6, 6.07) is 7.18. The Labute approximate surface area is 154 Å². The minimum atomic E-state index is -0.354. The molecule has 0 spiro atoms. The van der Waals surface area contributed by atoms with E-state index in [1.165, 1.54) is 6.92 Å². The largest absolute Gasteiger partial charge is 0.423 e. The van der Waals surface area contributed by atoms with Crippen LogP contribution < -0.4 is 11.1 Å². The van der Waals surface area contributed by atoms with Crippen molar-refractivity contribution in [2.75, 3.05) is 18.9 Å². The highest BCUT2D eigenvalue weighted by Crippen LogP contribution is 2.27. The summed E-state index contributed by atoms with van der Waals surface area (Å²) in [7, 11) is 0. The molecule has 3 N–H and O–H groups in total. The third-order valence-corrected chi connectivity index (χ3v) is 4.12. The normalized spacial score (nSPS) is 15.7. The highest BCUT2D eigenvalue weighted by Gasteiger charge is 2.25. The number of benzene rings is 1. The van der Waals surface area contributed by atoms with Crippen molar-refractivity contribution in [3.63, 3.8) is 0 Å². The molecule has 7 nitrogen and oxygen atoms in total. The van der Waals surface area contributed by atoms with E-state index in [4.69, 9.17) is 14.9 Å². The fourth-order valence-electron chi connectivity index (χ4n) is 2.83. The van der Waals surface area contributed by atoms with Crippen molar-refractivity contribution in [1.29, 1.82) is 0 Å². The molecule has 1 amide bonds. The lowest BCUT2D eigenvalue weighted by atomic mass is 10.0. The van der Waals surface area contributed by atoms with Crippen LogP contribution in [0.5, 0.6) is 0 Å². The number of nitrogens with one attached hydrogen (secondary N) is 1. The summed E-state index contributed by atoms with van der Waals surface area (Å²) in [6.45, 7) is 6.90. The van der Waals surface area contributed by atoms with E-state index in [2.05, 4.69) is 15.5 Å². The number of hydrogen-bond donors (Lipinski definition) is 2. The van der Waals surface area contributed by atoms with Crippen LogP contribution in [0, 0.1) is 0 Å². The Bertz CT molecular complexity index is 678. The summed E-state index contributed by atoms with van der Waals surface area (Å²) >= 11 is 0. The Morgan fingerprint density at radius 3 is 2.50 bits per heavy atom. The monoisotopic (exact) mass is 360 g/mol. The minimum Gasteiger partial charge on any atom is -0.423 e. The molecule has 1 fully saturated rings. The molecular weight excluding hydrogens is 332 g/mol. The molecule has 26 heavy (non-hydrogen) atoms. The van der Waals surface area contributed by atoms with Gasteiger partial charge in [-0.3, -0.25) is 4.79 Å². The molecule has 0 radical (unpaired) electrons. The topological polar surface area (TPSA) is 103 Å². The third-order valence-electron chi connectivity index (χ3n) is 4.12. The van der Waals surface area contributed by atoms with Crippen molar-refractivity contribution in [3.8, 4) is 0 Å². The van der Waals surface area contributed by atoms with Gasteiger partial charge in [0.2, 0.25) is 17.7 Å². The summed E-state index contributed by atoms with van der Waals surface area (Å²) in [4.78, 5) is 11.5.